The zero-order valence-corrected chi connectivity index (χ0v) is 7.88. The molecular weight excluding hydrogens is 188 g/mol. The Morgan fingerprint density at radius 1 is 1.07 bits per heavy atom. The third kappa shape index (κ3) is 1.36. The van der Waals surface area contributed by atoms with Crippen molar-refractivity contribution in [3.8, 4) is 11.4 Å². The Kier molecular flexibility index (Phi) is 1.71. The van der Waals surface area contributed by atoms with Crippen molar-refractivity contribution in [1.29, 1.82) is 0 Å². The highest BCUT2D eigenvalue weighted by atomic mass is 15.1. The summed E-state index contributed by atoms with van der Waals surface area (Å²) in [4.78, 5) is 8.72. The van der Waals surface area contributed by atoms with Crippen LogP contribution in [0.15, 0.2) is 42.9 Å². The van der Waals surface area contributed by atoms with Gasteiger partial charge in [-0.1, -0.05) is 18.2 Å². The Morgan fingerprint density at radius 3 is 2.87 bits per heavy atom. The molecule has 1 N–H and O–H groups in total. The molecule has 4 heteroatoms. The number of aromatic amines is 1. The molecule has 0 aliphatic rings. The van der Waals surface area contributed by atoms with E-state index in [-0.39, 0.29) is 0 Å². The van der Waals surface area contributed by atoms with Gasteiger partial charge in [0, 0.05) is 17.8 Å². The first-order valence-corrected chi connectivity index (χ1v) is 4.64. The lowest BCUT2D eigenvalue weighted by Gasteiger charge is -1.98. The fourth-order valence-corrected chi connectivity index (χ4v) is 1.48. The molecule has 15 heavy (non-hydrogen) atoms. The average Bonchev–Trinajstić information content (AvgIpc) is 2.82. The Labute approximate surface area is 86.0 Å². The lowest BCUT2D eigenvalue weighted by molar-refractivity contribution is 1.09. The molecule has 0 radical (unpaired) electrons. The maximum Gasteiger partial charge on any atom is 0.162 e. The standard InChI is InChI=1S/C11H8N4/c1-2-4-10-8(3-1)5-12-11(15-10)9-6-13-14-7-9/h1-7H,(H,13,14). The van der Waals surface area contributed by atoms with Gasteiger partial charge >= 0.3 is 0 Å². The summed E-state index contributed by atoms with van der Waals surface area (Å²) < 4.78 is 0. The highest BCUT2D eigenvalue weighted by molar-refractivity contribution is 5.79. The number of para-hydroxylation sites is 1. The Morgan fingerprint density at radius 2 is 2.00 bits per heavy atom. The molecule has 0 fully saturated rings. The molecular formula is C11H8N4. The van der Waals surface area contributed by atoms with E-state index >= 15 is 0 Å². The monoisotopic (exact) mass is 196 g/mol. The van der Waals surface area contributed by atoms with Gasteiger partial charge in [0.05, 0.1) is 17.3 Å². The van der Waals surface area contributed by atoms with Crippen molar-refractivity contribution in [2.24, 2.45) is 0 Å². The van der Waals surface area contributed by atoms with Crippen LogP contribution in [-0.2, 0) is 0 Å². The largest absolute Gasteiger partial charge is 0.285 e. The van der Waals surface area contributed by atoms with Crippen molar-refractivity contribution >= 4 is 10.9 Å². The summed E-state index contributed by atoms with van der Waals surface area (Å²) in [5.74, 6) is 0.697. The number of nitrogens with zero attached hydrogens (tertiary/aromatic N) is 3. The van der Waals surface area contributed by atoms with E-state index in [1.54, 1.807) is 12.4 Å². The molecule has 3 rings (SSSR count). The van der Waals surface area contributed by atoms with Crippen molar-refractivity contribution < 1.29 is 0 Å². The first-order valence-electron chi connectivity index (χ1n) is 4.64. The molecule has 0 bridgehead atoms. The number of aromatic nitrogens is 4. The van der Waals surface area contributed by atoms with Crippen molar-refractivity contribution in [3.63, 3.8) is 0 Å². The molecule has 0 aliphatic heterocycles. The van der Waals surface area contributed by atoms with Crippen LogP contribution < -0.4 is 0 Å². The quantitative estimate of drug-likeness (QED) is 0.647. The highest BCUT2D eigenvalue weighted by Crippen LogP contribution is 2.16. The Balaban J connectivity index is 2.22. The lowest BCUT2D eigenvalue weighted by atomic mass is 10.2. The predicted molar refractivity (Wildman–Crippen MR) is 57.1 cm³/mol. The van der Waals surface area contributed by atoms with E-state index in [0.717, 1.165) is 16.5 Å². The van der Waals surface area contributed by atoms with Crippen LogP contribution in [0.4, 0.5) is 0 Å². The molecule has 0 spiro atoms. The summed E-state index contributed by atoms with van der Waals surface area (Å²) in [5.41, 5.74) is 1.85. The van der Waals surface area contributed by atoms with Crippen molar-refractivity contribution in [2.45, 2.75) is 0 Å². The van der Waals surface area contributed by atoms with Gasteiger partial charge in [-0.25, -0.2) is 9.97 Å². The van der Waals surface area contributed by atoms with Crippen LogP contribution in [0, 0.1) is 0 Å². The lowest BCUT2D eigenvalue weighted by Crippen LogP contribution is -1.87. The second kappa shape index (κ2) is 3.16. The van der Waals surface area contributed by atoms with Gasteiger partial charge in [0.25, 0.3) is 0 Å². The van der Waals surface area contributed by atoms with Crippen LogP contribution in [0.5, 0.6) is 0 Å². The predicted octanol–water partition coefficient (Wildman–Crippen LogP) is 2.02. The molecule has 0 saturated heterocycles. The topological polar surface area (TPSA) is 54.5 Å². The minimum absolute atomic E-state index is 0.697. The van der Waals surface area contributed by atoms with Gasteiger partial charge in [0.15, 0.2) is 5.82 Å². The van der Waals surface area contributed by atoms with E-state index in [1.165, 1.54) is 0 Å². The summed E-state index contributed by atoms with van der Waals surface area (Å²) in [7, 11) is 0. The third-order valence-electron chi connectivity index (χ3n) is 2.25. The minimum atomic E-state index is 0.697. The maximum atomic E-state index is 4.45. The molecule has 2 heterocycles. The van der Waals surface area contributed by atoms with Gasteiger partial charge in [-0.15, -0.1) is 0 Å². The van der Waals surface area contributed by atoms with E-state index in [9.17, 15) is 0 Å². The van der Waals surface area contributed by atoms with Crippen LogP contribution in [0.25, 0.3) is 22.3 Å². The second-order valence-electron chi connectivity index (χ2n) is 3.24. The summed E-state index contributed by atoms with van der Waals surface area (Å²) in [6.07, 6.45) is 5.32. The molecule has 1 aromatic carbocycles. The third-order valence-corrected chi connectivity index (χ3v) is 2.25. The molecule has 4 nitrogen and oxygen atoms in total. The van der Waals surface area contributed by atoms with Gasteiger partial charge in [-0.3, -0.25) is 5.10 Å². The van der Waals surface area contributed by atoms with Gasteiger partial charge < -0.3 is 0 Å². The molecule has 0 atom stereocenters. The number of rotatable bonds is 1. The molecule has 0 saturated carbocycles. The molecule has 3 aromatic rings. The van der Waals surface area contributed by atoms with E-state index < -0.39 is 0 Å². The number of hydrogen-bond acceptors (Lipinski definition) is 3. The zero-order valence-electron chi connectivity index (χ0n) is 7.88. The van der Waals surface area contributed by atoms with E-state index in [0.29, 0.717) is 5.82 Å². The number of fused-ring (bicyclic) bond motifs is 1. The van der Waals surface area contributed by atoms with Gasteiger partial charge in [0.1, 0.15) is 0 Å². The molecule has 72 valence electrons. The number of H-pyrrole nitrogens is 1. The molecule has 2 aromatic heterocycles. The maximum absolute atomic E-state index is 4.45. The summed E-state index contributed by atoms with van der Waals surface area (Å²) >= 11 is 0. The SMILES string of the molecule is c1ccc2nc(-c3cn[nH]c3)ncc2c1. The van der Waals surface area contributed by atoms with E-state index in [4.69, 9.17) is 0 Å². The van der Waals surface area contributed by atoms with Crippen LogP contribution in [-0.4, -0.2) is 20.2 Å². The van der Waals surface area contributed by atoms with Crippen LogP contribution in [0.1, 0.15) is 0 Å². The van der Waals surface area contributed by atoms with Crippen LogP contribution in [0.2, 0.25) is 0 Å². The summed E-state index contributed by atoms with van der Waals surface area (Å²) in [6, 6.07) is 7.91. The van der Waals surface area contributed by atoms with Gasteiger partial charge in [-0.2, -0.15) is 5.10 Å². The van der Waals surface area contributed by atoms with Crippen molar-refractivity contribution in [1.82, 2.24) is 20.2 Å². The summed E-state index contributed by atoms with van der Waals surface area (Å²) in [5, 5.41) is 7.67. The van der Waals surface area contributed by atoms with Crippen LogP contribution >= 0.6 is 0 Å². The zero-order chi connectivity index (χ0) is 10.1. The number of benzene rings is 1. The van der Waals surface area contributed by atoms with Gasteiger partial charge in [0.2, 0.25) is 0 Å². The fourth-order valence-electron chi connectivity index (χ4n) is 1.48. The highest BCUT2D eigenvalue weighted by Gasteiger charge is 2.02. The van der Waals surface area contributed by atoms with Crippen molar-refractivity contribution in [2.75, 3.05) is 0 Å². The van der Waals surface area contributed by atoms with Crippen LogP contribution in [0.3, 0.4) is 0 Å². The fraction of sp³-hybridized carbons (Fsp3) is 0. The molecule has 0 amide bonds. The number of nitrogens with one attached hydrogen (secondary N) is 1. The first kappa shape index (κ1) is 8.11. The molecule has 0 aliphatic carbocycles. The van der Waals surface area contributed by atoms with Crippen molar-refractivity contribution in [3.05, 3.63) is 42.9 Å². The smallest absolute Gasteiger partial charge is 0.162 e. The van der Waals surface area contributed by atoms with Gasteiger partial charge in [-0.05, 0) is 6.07 Å². The second-order valence-corrected chi connectivity index (χ2v) is 3.24. The minimum Gasteiger partial charge on any atom is -0.285 e. The summed E-state index contributed by atoms with van der Waals surface area (Å²) in [6.45, 7) is 0. The Bertz CT molecular complexity index is 586. The average molecular weight is 196 g/mol. The number of hydrogen-bond donors (Lipinski definition) is 1. The first-order chi connectivity index (χ1) is 7.43. The Hall–Kier alpha value is -2.23. The normalized spacial score (nSPS) is 10.7. The van der Waals surface area contributed by atoms with E-state index in [2.05, 4.69) is 20.2 Å². The van der Waals surface area contributed by atoms with E-state index in [1.807, 2.05) is 30.5 Å². The molecule has 0 unspecified atom stereocenters.